The van der Waals surface area contributed by atoms with Crippen LogP contribution in [-0.4, -0.2) is 30.1 Å². The molecule has 26 heavy (non-hydrogen) atoms. The van der Waals surface area contributed by atoms with Crippen LogP contribution in [0, 0.1) is 5.82 Å². The van der Waals surface area contributed by atoms with Crippen LogP contribution >= 0.6 is 23.5 Å². The number of para-hydroxylation sites is 1. The third-order valence-electron chi connectivity index (χ3n) is 3.52. The van der Waals surface area contributed by atoms with Crippen molar-refractivity contribution in [3.63, 3.8) is 0 Å². The SMILES string of the molecule is O=C(COc1ccc(C2SCCS2)cc1)NC(=O)Nc1ccccc1F. The number of ether oxygens (including phenoxy) is 1. The van der Waals surface area contributed by atoms with Crippen molar-refractivity contribution in [2.75, 3.05) is 23.4 Å². The van der Waals surface area contributed by atoms with Crippen LogP contribution in [0.3, 0.4) is 0 Å². The highest BCUT2D eigenvalue weighted by atomic mass is 32.2. The number of thioether (sulfide) groups is 2. The normalized spacial score (nSPS) is 14.0. The summed E-state index contributed by atoms with van der Waals surface area (Å²) in [6.07, 6.45) is 0. The number of carbonyl (C=O) groups excluding carboxylic acids is 2. The Morgan fingerprint density at radius 1 is 1.08 bits per heavy atom. The van der Waals surface area contributed by atoms with Gasteiger partial charge in [-0.15, -0.1) is 23.5 Å². The van der Waals surface area contributed by atoms with Crippen LogP contribution in [0.4, 0.5) is 14.9 Å². The lowest BCUT2D eigenvalue weighted by atomic mass is 10.2. The van der Waals surface area contributed by atoms with Crippen LogP contribution in [0.2, 0.25) is 0 Å². The Labute approximate surface area is 159 Å². The van der Waals surface area contributed by atoms with Gasteiger partial charge < -0.3 is 10.1 Å². The fraction of sp³-hybridized carbons (Fsp3) is 0.222. The minimum absolute atomic E-state index is 0.00282. The first-order valence-electron chi connectivity index (χ1n) is 7.93. The molecule has 8 heteroatoms. The highest BCUT2D eigenvalue weighted by Gasteiger charge is 2.18. The second kappa shape index (κ2) is 8.95. The smallest absolute Gasteiger partial charge is 0.326 e. The van der Waals surface area contributed by atoms with E-state index in [1.54, 1.807) is 6.07 Å². The standard InChI is InChI=1S/C18H17FN2O3S2/c19-14-3-1-2-4-15(14)20-18(23)21-16(22)11-24-13-7-5-12(6-8-13)17-25-9-10-26-17/h1-8,17H,9-11H2,(H2,20,21,22,23). The van der Waals surface area contributed by atoms with Gasteiger partial charge in [0.15, 0.2) is 6.61 Å². The summed E-state index contributed by atoms with van der Waals surface area (Å²) in [5, 5.41) is 4.37. The Bertz CT molecular complexity index is 780. The first-order chi connectivity index (χ1) is 12.6. The number of halogens is 1. The third-order valence-corrected chi connectivity index (χ3v) is 6.62. The van der Waals surface area contributed by atoms with Gasteiger partial charge in [0.05, 0.1) is 10.3 Å². The Balaban J connectivity index is 1.44. The van der Waals surface area contributed by atoms with Crippen molar-refractivity contribution >= 4 is 41.1 Å². The molecule has 1 aliphatic heterocycles. The Kier molecular flexibility index (Phi) is 6.40. The lowest BCUT2D eigenvalue weighted by molar-refractivity contribution is -0.121. The average Bonchev–Trinajstić information content (AvgIpc) is 3.17. The molecule has 1 saturated heterocycles. The van der Waals surface area contributed by atoms with Crippen molar-refractivity contribution in [3.8, 4) is 5.75 Å². The highest BCUT2D eigenvalue weighted by molar-refractivity contribution is 8.19. The fourth-order valence-corrected chi connectivity index (χ4v) is 5.16. The second-order valence-corrected chi connectivity index (χ2v) is 8.14. The van der Waals surface area contributed by atoms with E-state index in [-0.39, 0.29) is 12.3 Å². The molecule has 1 heterocycles. The summed E-state index contributed by atoms with van der Waals surface area (Å²) in [6.45, 7) is -0.309. The van der Waals surface area contributed by atoms with Gasteiger partial charge in [-0.3, -0.25) is 10.1 Å². The van der Waals surface area contributed by atoms with E-state index in [0.717, 1.165) is 11.5 Å². The number of benzene rings is 2. The summed E-state index contributed by atoms with van der Waals surface area (Å²) in [6, 6.07) is 12.5. The lowest BCUT2D eigenvalue weighted by Gasteiger charge is -2.11. The molecule has 0 spiro atoms. The Morgan fingerprint density at radius 3 is 2.46 bits per heavy atom. The van der Waals surface area contributed by atoms with Gasteiger partial charge in [0.25, 0.3) is 5.91 Å². The van der Waals surface area contributed by atoms with Crippen molar-refractivity contribution < 1.29 is 18.7 Å². The van der Waals surface area contributed by atoms with Crippen LogP contribution in [0.15, 0.2) is 48.5 Å². The van der Waals surface area contributed by atoms with Gasteiger partial charge in [0.2, 0.25) is 0 Å². The molecule has 2 N–H and O–H groups in total. The van der Waals surface area contributed by atoms with Crippen molar-refractivity contribution in [1.29, 1.82) is 0 Å². The summed E-state index contributed by atoms with van der Waals surface area (Å²) in [4.78, 5) is 23.5. The van der Waals surface area contributed by atoms with Crippen molar-refractivity contribution in [1.82, 2.24) is 5.32 Å². The first kappa shape index (κ1) is 18.6. The van der Waals surface area contributed by atoms with Gasteiger partial charge in [-0.25, -0.2) is 9.18 Å². The van der Waals surface area contributed by atoms with Gasteiger partial charge in [0, 0.05) is 11.5 Å². The van der Waals surface area contributed by atoms with Crippen molar-refractivity contribution in [2.24, 2.45) is 0 Å². The summed E-state index contributed by atoms with van der Waals surface area (Å²) in [7, 11) is 0. The number of urea groups is 1. The van der Waals surface area contributed by atoms with Gasteiger partial charge in [-0.2, -0.15) is 0 Å². The fourth-order valence-electron chi connectivity index (χ4n) is 2.30. The first-order valence-corrected chi connectivity index (χ1v) is 10.0. The van der Waals surface area contributed by atoms with Crippen LogP contribution in [0.25, 0.3) is 0 Å². The van der Waals surface area contributed by atoms with E-state index in [2.05, 4.69) is 10.6 Å². The number of imide groups is 1. The highest BCUT2D eigenvalue weighted by Crippen LogP contribution is 2.45. The molecule has 0 radical (unpaired) electrons. The molecule has 0 unspecified atom stereocenters. The maximum Gasteiger partial charge on any atom is 0.326 e. The molecule has 3 rings (SSSR count). The van der Waals surface area contributed by atoms with E-state index in [1.165, 1.54) is 23.8 Å². The predicted molar refractivity (Wildman–Crippen MR) is 103 cm³/mol. The van der Waals surface area contributed by atoms with Gasteiger partial charge in [-0.05, 0) is 29.8 Å². The molecule has 0 saturated carbocycles. The molecule has 1 aliphatic rings. The number of anilines is 1. The largest absolute Gasteiger partial charge is 0.484 e. The van der Waals surface area contributed by atoms with Crippen LogP contribution in [-0.2, 0) is 4.79 Å². The third kappa shape index (κ3) is 5.15. The monoisotopic (exact) mass is 392 g/mol. The van der Waals surface area contributed by atoms with E-state index >= 15 is 0 Å². The molecule has 2 aromatic carbocycles. The summed E-state index contributed by atoms with van der Waals surface area (Å²) >= 11 is 3.83. The quantitative estimate of drug-likeness (QED) is 0.804. The second-order valence-electron chi connectivity index (χ2n) is 5.41. The van der Waals surface area contributed by atoms with E-state index in [9.17, 15) is 14.0 Å². The molecule has 0 aliphatic carbocycles. The van der Waals surface area contributed by atoms with Gasteiger partial charge in [-0.1, -0.05) is 24.3 Å². The molecule has 0 atom stereocenters. The van der Waals surface area contributed by atoms with Crippen LogP contribution < -0.4 is 15.4 Å². The Morgan fingerprint density at radius 2 is 1.77 bits per heavy atom. The van der Waals surface area contributed by atoms with E-state index in [1.807, 2.05) is 47.8 Å². The number of hydrogen-bond acceptors (Lipinski definition) is 5. The lowest BCUT2D eigenvalue weighted by Crippen LogP contribution is -2.37. The van der Waals surface area contributed by atoms with Crippen molar-refractivity contribution in [2.45, 2.75) is 4.58 Å². The number of rotatable bonds is 5. The minimum Gasteiger partial charge on any atom is -0.484 e. The van der Waals surface area contributed by atoms with Crippen LogP contribution in [0.1, 0.15) is 10.1 Å². The summed E-state index contributed by atoms with van der Waals surface area (Å²) in [5.74, 6) is 1.66. The van der Waals surface area contributed by atoms with E-state index in [4.69, 9.17) is 4.74 Å². The summed E-state index contributed by atoms with van der Waals surface area (Å²) < 4.78 is 19.3. The molecule has 0 bridgehead atoms. The molecule has 1 fully saturated rings. The number of hydrogen-bond donors (Lipinski definition) is 2. The molecular weight excluding hydrogens is 375 g/mol. The maximum absolute atomic E-state index is 13.4. The average molecular weight is 392 g/mol. The minimum atomic E-state index is -0.811. The van der Waals surface area contributed by atoms with E-state index < -0.39 is 17.8 Å². The molecule has 136 valence electrons. The summed E-state index contributed by atoms with van der Waals surface area (Å²) in [5.41, 5.74) is 1.22. The van der Waals surface area contributed by atoms with Gasteiger partial charge >= 0.3 is 6.03 Å². The topological polar surface area (TPSA) is 67.4 Å². The number of amides is 3. The zero-order valence-electron chi connectivity index (χ0n) is 13.7. The molecule has 0 aromatic heterocycles. The molecular formula is C18H17FN2O3S2. The van der Waals surface area contributed by atoms with Crippen LogP contribution in [0.5, 0.6) is 5.75 Å². The van der Waals surface area contributed by atoms with Crippen molar-refractivity contribution in [3.05, 3.63) is 59.9 Å². The molecule has 3 amide bonds. The number of nitrogens with one attached hydrogen (secondary N) is 2. The molecule has 2 aromatic rings. The van der Waals surface area contributed by atoms with E-state index in [0.29, 0.717) is 10.3 Å². The molecule has 5 nitrogen and oxygen atoms in total. The maximum atomic E-state index is 13.4. The zero-order valence-corrected chi connectivity index (χ0v) is 15.4. The number of carbonyl (C=O) groups is 2. The van der Waals surface area contributed by atoms with Gasteiger partial charge in [0.1, 0.15) is 11.6 Å². The zero-order chi connectivity index (χ0) is 18.4. The Hall–Kier alpha value is -2.19. The predicted octanol–water partition coefficient (Wildman–Crippen LogP) is 4.03.